The normalized spacial score (nSPS) is 11.9. The van der Waals surface area contributed by atoms with Gasteiger partial charge >= 0.3 is 0 Å². The van der Waals surface area contributed by atoms with Crippen molar-refractivity contribution in [2.45, 2.75) is 16.5 Å². The van der Waals surface area contributed by atoms with Crippen molar-refractivity contribution in [3.63, 3.8) is 0 Å². The van der Waals surface area contributed by atoms with E-state index < -0.39 is 0 Å². The number of primary amides is 1. The lowest BCUT2D eigenvalue weighted by Crippen LogP contribution is -2.22. The van der Waals surface area contributed by atoms with Crippen LogP contribution in [0.15, 0.2) is 28.6 Å². The quantitative estimate of drug-likeness (QED) is 0.795. The number of ether oxygens (including phenoxy) is 1. The molecule has 0 radical (unpaired) electrons. The van der Waals surface area contributed by atoms with Crippen LogP contribution < -0.4 is 15.8 Å². The summed E-state index contributed by atoms with van der Waals surface area (Å²) in [5.41, 5.74) is 6.03. The van der Waals surface area contributed by atoms with Crippen molar-refractivity contribution in [1.29, 1.82) is 0 Å². The molecule has 0 spiro atoms. The molecule has 0 saturated heterocycles. The number of benzene rings is 1. The predicted molar refractivity (Wildman–Crippen MR) is 80.7 cm³/mol. The van der Waals surface area contributed by atoms with Crippen molar-refractivity contribution in [2.75, 3.05) is 12.4 Å². The molecule has 0 saturated carbocycles. The Kier molecular flexibility index (Phi) is 4.80. The van der Waals surface area contributed by atoms with Gasteiger partial charge in [-0.15, -0.1) is 10.2 Å². The number of nitrogens with zero attached hydrogens (tertiary/aromatic N) is 2. The smallest absolute Gasteiger partial charge is 0.230 e. The first kappa shape index (κ1) is 14.6. The van der Waals surface area contributed by atoms with E-state index in [1.807, 2.05) is 24.3 Å². The largest absolute Gasteiger partial charge is 0.495 e. The van der Waals surface area contributed by atoms with Gasteiger partial charge in [0.15, 0.2) is 4.34 Å². The number of aromatic nitrogens is 2. The van der Waals surface area contributed by atoms with Gasteiger partial charge < -0.3 is 15.8 Å². The van der Waals surface area contributed by atoms with E-state index in [9.17, 15) is 4.79 Å². The minimum atomic E-state index is -0.371. The van der Waals surface area contributed by atoms with E-state index in [-0.39, 0.29) is 11.2 Å². The predicted octanol–water partition coefficient (Wildman–Crippen LogP) is 2.26. The number of anilines is 2. The maximum absolute atomic E-state index is 11.0. The number of hydrogen-bond donors (Lipinski definition) is 2. The molecule has 1 aromatic carbocycles. The average molecular weight is 310 g/mol. The molecule has 8 heteroatoms. The number of hydrogen-bond acceptors (Lipinski definition) is 7. The Balaban J connectivity index is 2.08. The van der Waals surface area contributed by atoms with E-state index in [1.54, 1.807) is 14.0 Å². The molecule has 0 bridgehead atoms. The Morgan fingerprint density at radius 3 is 2.90 bits per heavy atom. The molecule has 106 valence electrons. The highest BCUT2D eigenvalue weighted by atomic mass is 32.2. The van der Waals surface area contributed by atoms with E-state index in [1.165, 1.54) is 23.1 Å². The molecule has 0 unspecified atom stereocenters. The summed E-state index contributed by atoms with van der Waals surface area (Å²) in [6.07, 6.45) is 0. The molecule has 1 amide bonds. The summed E-state index contributed by atoms with van der Waals surface area (Å²) in [6.45, 7) is 1.74. The first-order valence-corrected chi connectivity index (χ1v) is 7.49. The summed E-state index contributed by atoms with van der Waals surface area (Å²) in [7, 11) is 1.61. The number of para-hydroxylation sites is 2. The fourth-order valence-corrected chi connectivity index (χ4v) is 3.24. The van der Waals surface area contributed by atoms with Gasteiger partial charge in [-0.25, -0.2) is 0 Å². The van der Waals surface area contributed by atoms with Crippen LogP contribution in [0.1, 0.15) is 6.92 Å². The van der Waals surface area contributed by atoms with E-state index in [0.29, 0.717) is 9.47 Å². The third-order valence-electron chi connectivity index (χ3n) is 2.43. The molecule has 3 N–H and O–H groups in total. The molecule has 2 rings (SSSR count). The maximum Gasteiger partial charge on any atom is 0.230 e. The van der Waals surface area contributed by atoms with E-state index in [4.69, 9.17) is 10.5 Å². The monoisotopic (exact) mass is 310 g/mol. The van der Waals surface area contributed by atoms with Crippen LogP contribution in [-0.2, 0) is 4.79 Å². The van der Waals surface area contributed by atoms with Gasteiger partial charge in [0.1, 0.15) is 5.75 Å². The van der Waals surface area contributed by atoms with Crippen molar-refractivity contribution < 1.29 is 9.53 Å². The first-order valence-electron chi connectivity index (χ1n) is 5.79. The second kappa shape index (κ2) is 6.58. The van der Waals surface area contributed by atoms with Crippen molar-refractivity contribution in [1.82, 2.24) is 10.2 Å². The molecule has 6 nitrogen and oxygen atoms in total. The van der Waals surface area contributed by atoms with Crippen LogP contribution in [0.4, 0.5) is 10.8 Å². The summed E-state index contributed by atoms with van der Waals surface area (Å²) < 4.78 is 5.94. The standard InChI is InChI=1S/C12H14N4O2S2/c1-7(10(13)17)19-12-16-15-11(20-12)14-8-5-3-4-6-9(8)18-2/h3-7H,1-2H3,(H2,13,17)(H,14,15)/t7-/m0/s1. The molecule has 0 aliphatic rings. The molecule has 0 aliphatic carbocycles. The van der Waals surface area contributed by atoms with Gasteiger partial charge in [-0.3, -0.25) is 4.79 Å². The van der Waals surface area contributed by atoms with Gasteiger partial charge in [0.2, 0.25) is 11.0 Å². The fraction of sp³-hybridized carbons (Fsp3) is 0.250. The molecule has 1 heterocycles. The highest BCUT2D eigenvalue weighted by Gasteiger charge is 2.14. The van der Waals surface area contributed by atoms with E-state index in [0.717, 1.165) is 11.4 Å². The number of rotatable bonds is 6. The molecule has 1 atom stereocenters. The van der Waals surface area contributed by atoms with Crippen LogP contribution in [0.5, 0.6) is 5.75 Å². The van der Waals surface area contributed by atoms with Gasteiger partial charge in [0.25, 0.3) is 0 Å². The zero-order valence-corrected chi connectivity index (χ0v) is 12.6. The number of nitrogens with one attached hydrogen (secondary N) is 1. The number of nitrogens with two attached hydrogens (primary N) is 1. The molecule has 2 aromatic rings. The second-order valence-corrected chi connectivity index (χ2v) is 6.43. The summed E-state index contributed by atoms with van der Waals surface area (Å²) in [5, 5.41) is 11.5. The lowest BCUT2D eigenvalue weighted by molar-refractivity contribution is -0.117. The van der Waals surface area contributed by atoms with E-state index >= 15 is 0 Å². The molecule has 0 aliphatic heterocycles. The first-order chi connectivity index (χ1) is 9.60. The fourth-order valence-electron chi connectivity index (χ4n) is 1.38. The van der Waals surface area contributed by atoms with Crippen LogP contribution in [0.2, 0.25) is 0 Å². The summed E-state index contributed by atoms with van der Waals surface area (Å²) in [5.74, 6) is 0.354. The third-order valence-corrected chi connectivity index (χ3v) is 4.47. The zero-order chi connectivity index (χ0) is 14.5. The van der Waals surface area contributed by atoms with Crippen LogP contribution in [0.25, 0.3) is 0 Å². The van der Waals surface area contributed by atoms with Gasteiger partial charge in [-0.2, -0.15) is 0 Å². The average Bonchev–Trinajstić information content (AvgIpc) is 2.86. The Bertz CT molecular complexity index is 603. The second-order valence-electron chi connectivity index (χ2n) is 3.86. The Hall–Kier alpha value is -1.80. The molecule has 1 aromatic heterocycles. The lowest BCUT2D eigenvalue weighted by atomic mass is 10.3. The highest BCUT2D eigenvalue weighted by Crippen LogP contribution is 2.32. The molecule has 20 heavy (non-hydrogen) atoms. The number of amides is 1. The van der Waals surface area contributed by atoms with Crippen LogP contribution in [0.3, 0.4) is 0 Å². The molecular weight excluding hydrogens is 296 g/mol. The lowest BCUT2D eigenvalue weighted by Gasteiger charge is -2.07. The van der Waals surface area contributed by atoms with Gasteiger partial charge in [0.05, 0.1) is 18.0 Å². The van der Waals surface area contributed by atoms with E-state index in [2.05, 4.69) is 15.5 Å². The van der Waals surface area contributed by atoms with Crippen molar-refractivity contribution in [3.8, 4) is 5.75 Å². The van der Waals surface area contributed by atoms with Crippen molar-refractivity contribution in [3.05, 3.63) is 24.3 Å². The minimum absolute atomic E-state index is 0.331. The van der Waals surface area contributed by atoms with Gasteiger partial charge in [-0.1, -0.05) is 35.2 Å². The summed E-state index contributed by atoms with van der Waals surface area (Å²) in [6, 6.07) is 7.53. The Labute approximate surface area is 124 Å². The summed E-state index contributed by atoms with van der Waals surface area (Å²) in [4.78, 5) is 11.0. The van der Waals surface area contributed by atoms with Gasteiger partial charge in [0, 0.05) is 0 Å². The van der Waals surface area contributed by atoms with Crippen molar-refractivity contribution >= 4 is 39.8 Å². The summed E-state index contributed by atoms with van der Waals surface area (Å²) >= 11 is 2.65. The SMILES string of the molecule is COc1ccccc1Nc1nnc(S[C@@H](C)C(N)=O)s1. The number of carbonyl (C=O) groups excluding carboxylic acids is 1. The number of thioether (sulfide) groups is 1. The Morgan fingerprint density at radius 2 is 2.20 bits per heavy atom. The van der Waals surface area contributed by atoms with Crippen LogP contribution >= 0.6 is 23.1 Å². The third kappa shape index (κ3) is 3.61. The zero-order valence-electron chi connectivity index (χ0n) is 11.0. The number of carbonyl (C=O) groups is 1. The van der Waals surface area contributed by atoms with Gasteiger partial charge in [-0.05, 0) is 19.1 Å². The topological polar surface area (TPSA) is 90.1 Å². The van der Waals surface area contributed by atoms with Crippen molar-refractivity contribution in [2.24, 2.45) is 5.73 Å². The Morgan fingerprint density at radius 1 is 1.45 bits per heavy atom. The number of methoxy groups -OCH3 is 1. The highest BCUT2D eigenvalue weighted by molar-refractivity contribution is 8.02. The molecule has 0 fully saturated rings. The van der Waals surface area contributed by atoms with Crippen LogP contribution in [-0.4, -0.2) is 28.5 Å². The van der Waals surface area contributed by atoms with Crippen LogP contribution in [0, 0.1) is 0 Å². The molecular formula is C12H14N4O2S2. The maximum atomic E-state index is 11.0. The minimum Gasteiger partial charge on any atom is -0.495 e.